The van der Waals surface area contributed by atoms with Gasteiger partial charge in [0.05, 0.1) is 12.0 Å². The number of carbonyl (C=O) groups is 1. The van der Waals surface area contributed by atoms with Crippen molar-refractivity contribution in [2.45, 2.75) is 57.4 Å². The number of hydrogen-bond acceptors (Lipinski definition) is 3. The van der Waals surface area contributed by atoms with Crippen LogP contribution < -0.4 is 5.73 Å². The number of aliphatic hydroxyl groups excluding tert-OH is 1. The Morgan fingerprint density at radius 1 is 1.22 bits per heavy atom. The lowest BCUT2D eigenvalue weighted by atomic mass is 9.72. The molecule has 0 unspecified atom stereocenters. The summed E-state index contributed by atoms with van der Waals surface area (Å²) in [5.74, 6) is 0.212. The second kappa shape index (κ2) is 6.02. The molecule has 0 heterocycles. The Morgan fingerprint density at radius 3 is 2.33 bits per heavy atom. The molecule has 0 aromatic heterocycles. The van der Waals surface area contributed by atoms with Crippen molar-refractivity contribution in [2.24, 2.45) is 11.1 Å². The highest BCUT2D eigenvalue weighted by atomic mass is 16.3. The second-order valence-corrected chi connectivity index (χ2v) is 5.85. The number of hydrogen-bond donors (Lipinski definition) is 2. The normalized spacial score (nSPS) is 23.4. The fourth-order valence-electron chi connectivity index (χ4n) is 3.29. The van der Waals surface area contributed by atoms with Gasteiger partial charge in [0.15, 0.2) is 0 Å². The van der Waals surface area contributed by atoms with Gasteiger partial charge in [-0.25, -0.2) is 0 Å². The molecular weight excluding hydrogens is 228 g/mol. The number of amides is 1. The predicted molar refractivity (Wildman–Crippen MR) is 71.0 cm³/mol. The maximum atomic E-state index is 12.8. The summed E-state index contributed by atoms with van der Waals surface area (Å²) in [5, 5.41) is 9.18. The van der Waals surface area contributed by atoms with Crippen molar-refractivity contribution in [1.29, 1.82) is 0 Å². The van der Waals surface area contributed by atoms with Crippen LogP contribution in [0.5, 0.6) is 0 Å². The van der Waals surface area contributed by atoms with Crippen molar-refractivity contribution >= 4 is 5.91 Å². The van der Waals surface area contributed by atoms with E-state index in [-0.39, 0.29) is 17.9 Å². The molecule has 0 bridgehead atoms. The minimum atomic E-state index is -0.330. The molecule has 4 heteroatoms. The number of carbonyl (C=O) groups excluding carboxylic acids is 1. The molecule has 2 saturated carbocycles. The number of rotatable bonds is 5. The van der Waals surface area contributed by atoms with Gasteiger partial charge in [-0.05, 0) is 32.1 Å². The van der Waals surface area contributed by atoms with Crippen LogP contribution in [-0.4, -0.2) is 41.7 Å². The van der Waals surface area contributed by atoms with Crippen LogP contribution in [0.1, 0.15) is 51.4 Å². The lowest BCUT2D eigenvalue weighted by molar-refractivity contribution is -0.148. The molecule has 0 aromatic rings. The molecule has 0 saturated heterocycles. The van der Waals surface area contributed by atoms with Crippen LogP contribution in [-0.2, 0) is 4.79 Å². The largest absolute Gasteiger partial charge is 0.395 e. The molecular formula is C14H26N2O2. The van der Waals surface area contributed by atoms with Gasteiger partial charge in [-0.15, -0.1) is 0 Å². The third kappa shape index (κ3) is 2.54. The first-order chi connectivity index (χ1) is 8.73. The minimum Gasteiger partial charge on any atom is -0.395 e. The molecule has 2 rings (SSSR count). The van der Waals surface area contributed by atoms with Crippen molar-refractivity contribution in [2.75, 3.05) is 19.7 Å². The summed E-state index contributed by atoms with van der Waals surface area (Å²) in [4.78, 5) is 14.7. The summed E-state index contributed by atoms with van der Waals surface area (Å²) >= 11 is 0. The third-order valence-electron chi connectivity index (χ3n) is 4.77. The molecule has 18 heavy (non-hydrogen) atoms. The Morgan fingerprint density at radius 2 is 1.89 bits per heavy atom. The Kier molecular flexibility index (Phi) is 4.62. The van der Waals surface area contributed by atoms with Crippen LogP contribution >= 0.6 is 0 Å². The van der Waals surface area contributed by atoms with E-state index >= 15 is 0 Å². The zero-order valence-electron chi connectivity index (χ0n) is 11.2. The fraction of sp³-hybridized carbons (Fsp3) is 0.929. The SMILES string of the molecule is NCC1(C(=O)N(CCO)C2CCC2)CCCCC1. The molecule has 0 spiro atoms. The molecule has 2 fully saturated rings. The molecule has 0 atom stereocenters. The number of aliphatic hydroxyl groups is 1. The first-order valence-corrected chi connectivity index (χ1v) is 7.35. The lowest BCUT2D eigenvalue weighted by Gasteiger charge is -2.44. The highest BCUT2D eigenvalue weighted by Crippen LogP contribution is 2.39. The number of nitrogens with two attached hydrogens (primary N) is 1. The van der Waals surface area contributed by atoms with E-state index in [4.69, 9.17) is 5.73 Å². The summed E-state index contributed by atoms with van der Waals surface area (Å²) in [7, 11) is 0. The highest BCUT2D eigenvalue weighted by Gasteiger charge is 2.43. The summed E-state index contributed by atoms with van der Waals surface area (Å²) in [6, 6.07) is 0.356. The Hall–Kier alpha value is -0.610. The molecule has 0 radical (unpaired) electrons. The van der Waals surface area contributed by atoms with Gasteiger partial charge in [-0.1, -0.05) is 19.3 Å². The Bertz CT molecular complexity index is 284. The summed E-state index contributed by atoms with van der Waals surface area (Å²) in [6.45, 7) is 0.995. The number of nitrogens with zero attached hydrogens (tertiary/aromatic N) is 1. The van der Waals surface area contributed by atoms with Crippen LogP contribution in [0.4, 0.5) is 0 Å². The smallest absolute Gasteiger partial charge is 0.230 e. The van der Waals surface area contributed by atoms with Crippen molar-refractivity contribution in [3.8, 4) is 0 Å². The van der Waals surface area contributed by atoms with Crippen molar-refractivity contribution in [3.05, 3.63) is 0 Å². The van der Waals surface area contributed by atoms with E-state index in [1.807, 2.05) is 4.90 Å². The highest BCUT2D eigenvalue weighted by molar-refractivity contribution is 5.83. The first-order valence-electron chi connectivity index (χ1n) is 7.35. The van der Waals surface area contributed by atoms with Gasteiger partial charge < -0.3 is 15.7 Å². The van der Waals surface area contributed by atoms with Crippen LogP contribution in [0.25, 0.3) is 0 Å². The van der Waals surface area contributed by atoms with Gasteiger partial charge in [0.2, 0.25) is 5.91 Å². The monoisotopic (exact) mass is 254 g/mol. The zero-order chi connectivity index (χ0) is 13.0. The Labute approximate surface area is 110 Å². The van der Waals surface area contributed by atoms with Crippen LogP contribution in [0.15, 0.2) is 0 Å². The molecule has 2 aliphatic rings. The first kappa shape index (κ1) is 13.8. The molecule has 1 amide bonds. The third-order valence-corrected chi connectivity index (χ3v) is 4.77. The average Bonchev–Trinajstić information content (AvgIpc) is 2.36. The van der Waals surface area contributed by atoms with Crippen molar-refractivity contribution in [3.63, 3.8) is 0 Å². The quantitative estimate of drug-likeness (QED) is 0.776. The molecule has 4 nitrogen and oxygen atoms in total. The summed E-state index contributed by atoms with van der Waals surface area (Å²) in [5.41, 5.74) is 5.59. The Balaban J connectivity index is 2.09. The lowest BCUT2D eigenvalue weighted by Crippen LogP contribution is -2.54. The van der Waals surface area contributed by atoms with Gasteiger partial charge in [-0.2, -0.15) is 0 Å². The summed E-state index contributed by atoms with van der Waals surface area (Å²) in [6.07, 6.45) is 8.68. The van der Waals surface area contributed by atoms with E-state index in [1.54, 1.807) is 0 Å². The minimum absolute atomic E-state index is 0.0584. The van der Waals surface area contributed by atoms with Gasteiger partial charge in [0, 0.05) is 19.1 Å². The fourth-order valence-corrected chi connectivity index (χ4v) is 3.29. The van der Waals surface area contributed by atoms with Crippen LogP contribution in [0.2, 0.25) is 0 Å². The molecule has 2 aliphatic carbocycles. The second-order valence-electron chi connectivity index (χ2n) is 5.85. The maximum Gasteiger partial charge on any atom is 0.230 e. The van der Waals surface area contributed by atoms with Crippen LogP contribution in [0, 0.1) is 5.41 Å². The maximum absolute atomic E-state index is 12.8. The zero-order valence-corrected chi connectivity index (χ0v) is 11.2. The molecule has 104 valence electrons. The molecule has 3 N–H and O–H groups in total. The van der Waals surface area contributed by atoms with Gasteiger partial charge in [0.1, 0.15) is 0 Å². The van der Waals surface area contributed by atoms with E-state index < -0.39 is 0 Å². The van der Waals surface area contributed by atoms with E-state index in [0.29, 0.717) is 19.1 Å². The average molecular weight is 254 g/mol. The molecule has 0 aromatic carbocycles. The van der Waals surface area contributed by atoms with Crippen molar-refractivity contribution < 1.29 is 9.90 Å². The van der Waals surface area contributed by atoms with Gasteiger partial charge in [-0.3, -0.25) is 4.79 Å². The predicted octanol–water partition coefficient (Wildman–Crippen LogP) is 1.27. The summed E-state index contributed by atoms with van der Waals surface area (Å²) < 4.78 is 0. The van der Waals surface area contributed by atoms with E-state index in [0.717, 1.165) is 38.5 Å². The van der Waals surface area contributed by atoms with Crippen LogP contribution in [0.3, 0.4) is 0 Å². The van der Waals surface area contributed by atoms with Gasteiger partial charge in [0.25, 0.3) is 0 Å². The van der Waals surface area contributed by atoms with E-state index in [9.17, 15) is 9.90 Å². The van der Waals surface area contributed by atoms with Gasteiger partial charge >= 0.3 is 0 Å². The molecule has 0 aliphatic heterocycles. The van der Waals surface area contributed by atoms with E-state index in [2.05, 4.69) is 0 Å². The standard InChI is InChI=1S/C14H26N2O2/c15-11-14(7-2-1-3-8-14)13(18)16(9-10-17)12-5-4-6-12/h12,17H,1-11,15H2. The topological polar surface area (TPSA) is 66.6 Å². The van der Waals surface area contributed by atoms with Crippen molar-refractivity contribution in [1.82, 2.24) is 4.90 Å². The van der Waals surface area contributed by atoms with E-state index in [1.165, 1.54) is 12.8 Å².